The maximum atomic E-state index is 13.8. The van der Waals surface area contributed by atoms with Crippen LogP contribution in [-0.4, -0.2) is 58.7 Å². The zero-order chi connectivity index (χ0) is 26.8. The van der Waals surface area contributed by atoms with Crippen LogP contribution in [0.1, 0.15) is 43.5 Å². The minimum atomic E-state index is -0.376. The summed E-state index contributed by atoms with van der Waals surface area (Å²) >= 11 is 0. The van der Waals surface area contributed by atoms with Gasteiger partial charge in [0.1, 0.15) is 0 Å². The van der Waals surface area contributed by atoms with Crippen molar-refractivity contribution in [2.24, 2.45) is 0 Å². The van der Waals surface area contributed by atoms with E-state index in [1.165, 1.54) is 4.90 Å². The Bertz CT molecular complexity index is 1460. The Balaban J connectivity index is 1.20. The van der Waals surface area contributed by atoms with Crippen LogP contribution in [0.25, 0.3) is 0 Å². The third-order valence-electron chi connectivity index (χ3n) is 7.47. The second-order valence-electron chi connectivity index (χ2n) is 9.78. The van der Waals surface area contributed by atoms with Gasteiger partial charge in [-0.3, -0.25) is 24.3 Å². The molecule has 2 aliphatic rings. The van der Waals surface area contributed by atoms with Crippen molar-refractivity contribution in [1.82, 2.24) is 14.8 Å². The number of fused-ring (bicyclic) bond motifs is 1. The van der Waals surface area contributed by atoms with Crippen LogP contribution < -0.4 is 4.90 Å². The molecule has 3 amide bonds. The van der Waals surface area contributed by atoms with Gasteiger partial charge >= 0.3 is 0 Å². The van der Waals surface area contributed by atoms with Gasteiger partial charge < -0.3 is 9.80 Å². The number of benzene rings is 3. The van der Waals surface area contributed by atoms with Crippen LogP contribution in [0, 0.1) is 0 Å². The molecule has 39 heavy (non-hydrogen) atoms. The van der Waals surface area contributed by atoms with E-state index in [4.69, 9.17) is 0 Å². The number of imide groups is 1. The van der Waals surface area contributed by atoms with Crippen molar-refractivity contribution in [2.75, 3.05) is 31.1 Å². The minimum Gasteiger partial charge on any atom is -0.367 e. The van der Waals surface area contributed by atoms with Crippen LogP contribution in [0.2, 0.25) is 0 Å². The first-order chi connectivity index (χ1) is 19.1. The normalized spacial score (nSPS) is 15.2. The molecule has 0 atom stereocenters. The number of hydrogen-bond donors (Lipinski definition) is 0. The second kappa shape index (κ2) is 10.5. The van der Waals surface area contributed by atoms with Crippen molar-refractivity contribution in [3.05, 3.63) is 131 Å². The van der Waals surface area contributed by atoms with Crippen molar-refractivity contribution >= 4 is 23.4 Å². The molecule has 1 fully saturated rings. The number of carbonyl (C=O) groups excluding carboxylic acids is 3. The molecule has 194 valence electrons. The van der Waals surface area contributed by atoms with Gasteiger partial charge in [-0.2, -0.15) is 0 Å². The van der Waals surface area contributed by atoms with Gasteiger partial charge in [-0.25, -0.2) is 0 Å². The van der Waals surface area contributed by atoms with Crippen LogP contribution in [0.5, 0.6) is 0 Å². The fourth-order valence-electron chi connectivity index (χ4n) is 5.50. The maximum absolute atomic E-state index is 13.8. The summed E-state index contributed by atoms with van der Waals surface area (Å²) in [6, 6.07) is 30.6. The predicted molar refractivity (Wildman–Crippen MR) is 148 cm³/mol. The van der Waals surface area contributed by atoms with Gasteiger partial charge in [-0.1, -0.05) is 72.8 Å². The highest BCUT2D eigenvalue weighted by atomic mass is 16.2. The minimum absolute atomic E-state index is 0.0677. The third kappa shape index (κ3) is 4.68. The lowest BCUT2D eigenvalue weighted by Crippen LogP contribution is -2.50. The van der Waals surface area contributed by atoms with Crippen molar-refractivity contribution in [3.63, 3.8) is 0 Å². The van der Waals surface area contributed by atoms with Crippen LogP contribution in [0.3, 0.4) is 0 Å². The summed E-state index contributed by atoms with van der Waals surface area (Å²) in [5, 5.41) is 0. The molecule has 0 radical (unpaired) electrons. The van der Waals surface area contributed by atoms with E-state index in [2.05, 4.69) is 9.88 Å². The Morgan fingerprint density at radius 2 is 1.36 bits per heavy atom. The van der Waals surface area contributed by atoms with E-state index in [1.54, 1.807) is 24.4 Å². The molecule has 4 aromatic rings. The topological polar surface area (TPSA) is 73.8 Å². The number of pyridine rings is 1. The number of carbonyl (C=O) groups is 3. The van der Waals surface area contributed by atoms with Gasteiger partial charge in [0, 0.05) is 32.4 Å². The predicted octanol–water partition coefficient (Wildman–Crippen LogP) is 4.36. The Morgan fingerprint density at radius 3 is 1.97 bits per heavy atom. The molecule has 1 saturated heterocycles. The first-order valence-corrected chi connectivity index (χ1v) is 13.1. The Hall–Kier alpha value is -4.78. The molecule has 0 spiro atoms. The summed E-state index contributed by atoms with van der Waals surface area (Å²) in [6.45, 7) is 2.33. The van der Waals surface area contributed by atoms with E-state index in [9.17, 15) is 14.4 Å². The maximum Gasteiger partial charge on any atom is 0.264 e. The van der Waals surface area contributed by atoms with E-state index in [0.717, 1.165) is 16.8 Å². The Kier molecular flexibility index (Phi) is 6.63. The van der Waals surface area contributed by atoms with E-state index in [-0.39, 0.29) is 30.2 Å². The Labute approximate surface area is 227 Å². The smallest absolute Gasteiger partial charge is 0.264 e. The van der Waals surface area contributed by atoms with Crippen LogP contribution in [0.4, 0.5) is 5.69 Å². The van der Waals surface area contributed by atoms with Gasteiger partial charge in [0.2, 0.25) is 5.91 Å². The van der Waals surface area contributed by atoms with E-state index >= 15 is 0 Å². The van der Waals surface area contributed by atoms with Crippen LogP contribution in [-0.2, 0) is 11.3 Å². The molecule has 0 N–H and O–H groups in total. The van der Waals surface area contributed by atoms with Crippen molar-refractivity contribution in [2.45, 2.75) is 12.5 Å². The molecule has 0 aliphatic carbocycles. The largest absolute Gasteiger partial charge is 0.367 e. The SMILES string of the molecule is O=C(C(c1ccccc1)c1ccccc1)N1CCN(c2cccc3c2C(=O)N(Cc2ccccn2)C3=O)CC1. The number of hydrogen-bond acceptors (Lipinski definition) is 5. The summed E-state index contributed by atoms with van der Waals surface area (Å²) in [6.07, 6.45) is 1.65. The lowest BCUT2D eigenvalue weighted by molar-refractivity contribution is -0.132. The quantitative estimate of drug-likeness (QED) is 0.356. The summed E-state index contributed by atoms with van der Waals surface area (Å²) in [7, 11) is 0. The third-order valence-corrected chi connectivity index (χ3v) is 7.47. The highest BCUT2D eigenvalue weighted by molar-refractivity contribution is 6.23. The Morgan fingerprint density at radius 1 is 0.718 bits per heavy atom. The molecule has 3 heterocycles. The molecule has 2 aliphatic heterocycles. The summed E-state index contributed by atoms with van der Waals surface area (Å²) in [5.41, 5.74) is 4.18. The van der Waals surface area contributed by atoms with Gasteiger partial charge in [0.15, 0.2) is 0 Å². The first-order valence-electron chi connectivity index (χ1n) is 13.1. The van der Waals surface area contributed by atoms with Gasteiger partial charge in [0.25, 0.3) is 11.8 Å². The molecule has 1 aromatic heterocycles. The van der Waals surface area contributed by atoms with Crippen molar-refractivity contribution in [1.29, 1.82) is 0 Å². The molecular weight excluding hydrogens is 488 g/mol. The highest BCUT2D eigenvalue weighted by Gasteiger charge is 2.39. The second-order valence-corrected chi connectivity index (χ2v) is 9.78. The average molecular weight is 517 g/mol. The summed E-state index contributed by atoms with van der Waals surface area (Å²) in [5.74, 6) is -0.912. The van der Waals surface area contributed by atoms with Gasteiger partial charge in [-0.05, 0) is 35.4 Å². The fraction of sp³-hybridized carbons (Fsp3) is 0.188. The zero-order valence-corrected chi connectivity index (χ0v) is 21.4. The van der Waals surface area contributed by atoms with Gasteiger partial charge in [-0.15, -0.1) is 0 Å². The molecular formula is C32H28N4O3. The average Bonchev–Trinajstić information content (AvgIpc) is 3.24. The van der Waals surface area contributed by atoms with Crippen LogP contribution >= 0.6 is 0 Å². The van der Waals surface area contributed by atoms with E-state index in [1.807, 2.05) is 83.8 Å². The van der Waals surface area contributed by atoms with Gasteiger partial charge in [0.05, 0.1) is 35.0 Å². The number of piperazine rings is 1. The number of rotatable bonds is 6. The zero-order valence-electron chi connectivity index (χ0n) is 21.4. The number of amides is 3. The lowest BCUT2D eigenvalue weighted by atomic mass is 9.90. The van der Waals surface area contributed by atoms with E-state index < -0.39 is 0 Å². The molecule has 0 bridgehead atoms. The molecule has 0 saturated carbocycles. The number of nitrogens with zero attached hydrogens (tertiary/aromatic N) is 4. The first kappa shape index (κ1) is 24.6. The summed E-state index contributed by atoms with van der Waals surface area (Å²) in [4.78, 5) is 50.0. The van der Waals surface area contributed by atoms with Crippen molar-refractivity contribution < 1.29 is 14.4 Å². The fourth-order valence-corrected chi connectivity index (χ4v) is 5.50. The molecule has 0 unspecified atom stereocenters. The lowest BCUT2D eigenvalue weighted by Gasteiger charge is -2.38. The van der Waals surface area contributed by atoms with Crippen LogP contribution in [0.15, 0.2) is 103 Å². The van der Waals surface area contributed by atoms with E-state index in [0.29, 0.717) is 43.0 Å². The standard InChI is InChI=1S/C32H28N4O3/c37-30-26-15-9-16-27(29(26)32(39)36(30)22-25-14-7-8-17-33-25)34-18-20-35(21-19-34)31(38)28(23-10-3-1-4-11-23)24-12-5-2-6-13-24/h1-17,28H,18-22H2. The molecule has 7 heteroatoms. The van der Waals surface area contributed by atoms with Crippen molar-refractivity contribution in [3.8, 4) is 0 Å². The number of anilines is 1. The molecule has 3 aromatic carbocycles. The monoisotopic (exact) mass is 516 g/mol. The highest BCUT2D eigenvalue weighted by Crippen LogP contribution is 2.34. The molecule has 7 nitrogen and oxygen atoms in total. The molecule has 6 rings (SSSR count). The summed E-state index contributed by atoms with van der Waals surface area (Å²) < 4.78 is 0. The number of aromatic nitrogens is 1.